The number of hydrogen-bond acceptors (Lipinski definition) is 6. The van der Waals surface area contributed by atoms with E-state index in [0.717, 1.165) is 53.8 Å². The van der Waals surface area contributed by atoms with Crippen molar-refractivity contribution >= 4 is 20.9 Å². The third kappa shape index (κ3) is 4.53. The molecule has 1 aromatic heterocycles. The predicted molar refractivity (Wildman–Crippen MR) is 154 cm³/mol. The molecule has 208 valence electrons. The van der Waals surface area contributed by atoms with Gasteiger partial charge in [-0.3, -0.25) is 4.90 Å². The van der Waals surface area contributed by atoms with Gasteiger partial charge < -0.3 is 14.2 Å². The molecule has 0 saturated carbocycles. The first-order chi connectivity index (χ1) is 18.8. The van der Waals surface area contributed by atoms with Crippen LogP contribution in [0.25, 0.3) is 22.4 Å². The van der Waals surface area contributed by atoms with Crippen molar-refractivity contribution in [2.75, 3.05) is 32.6 Å². The molecular weight excluding hydrogens is 508 g/mol. The van der Waals surface area contributed by atoms with E-state index < -0.39 is 9.84 Å². The van der Waals surface area contributed by atoms with Crippen LogP contribution in [0, 0.1) is 6.92 Å². The lowest BCUT2D eigenvalue weighted by Gasteiger charge is -2.49. The summed E-state index contributed by atoms with van der Waals surface area (Å²) in [5, 5.41) is 0. The van der Waals surface area contributed by atoms with Crippen LogP contribution in [-0.2, 0) is 21.6 Å². The summed E-state index contributed by atoms with van der Waals surface area (Å²) in [5.41, 5.74) is 5.75. The molecule has 0 aliphatic carbocycles. The molecule has 4 saturated heterocycles. The summed E-state index contributed by atoms with van der Waals surface area (Å²) in [7, 11) is -1.15. The molecule has 4 aliphatic rings. The van der Waals surface area contributed by atoms with Gasteiger partial charge in [0.2, 0.25) is 0 Å². The molecular formula is C31H40N4O3S. The topological polar surface area (TPSA) is 67.7 Å². The molecule has 7 nitrogen and oxygen atoms in total. The highest BCUT2D eigenvalue weighted by Crippen LogP contribution is 2.42. The van der Waals surface area contributed by atoms with E-state index in [1.807, 2.05) is 12.1 Å². The van der Waals surface area contributed by atoms with E-state index in [2.05, 4.69) is 40.5 Å². The van der Waals surface area contributed by atoms with Gasteiger partial charge >= 0.3 is 0 Å². The summed E-state index contributed by atoms with van der Waals surface area (Å²) in [4.78, 5) is 10.9. The highest BCUT2D eigenvalue weighted by atomic mass is 32.2. The number of sulfone groups is 1. The Morgan fingerprint density at radius 3 is 2.15 bits per heavy atom. The van der Waals surface area contributed by atoms with Crippen molar-refractivity contribution in [1.29, 1.82) is 0 Å². The maximum atomic E-state index is 11.9. The van der Waals surface area contributed by atoms with Gasteiger partial charge in [0.1, 0.15) is 5.82 Å². The lowest BCUT2D eigenvalue weighted by molar-refractivity contribution is -0.100. The minimum absolute atomic E-state index is 0.334. The number of aryl methyl sites for hydroxylation is 2. The summed E-state index contributed by atoms with van der Waals surface area (Å²) in [5.74, 6) is 1.45. The average Bonchev–Trinajstić information content (AvgIpc) is 3.34. The van der Waals surface area contributed by atoms with Crippen LogP contribution in [0.1, 0.15) is 55.6 Å². The highest BCUT2D eigenvalue weighted by molar-refractivity contribution is 7.90. The third-order valence-corrected chi connectivity index (χ3v) is 11.2. The number of aromatic nitrogens is 2. The van der Waals surface area contributed by atoms with Crippen LogP contribution in [0.2, 0.25) is 0 Å². The van der Waals surface area contributed by atoms with Gasteiger partial charge in [0.15, 0.2) is 9.84 Å². The van der Waals surface area contributed by atoms with Crippen molar-refractivity contribution < 1.29 is 13.2 Å². The maximum absolute atomic E-state index is 11.9. The van der Waals surface area contributed by atoms with Gasteiger partial charge in [0.25, 0.3) is 0 Å². The molecule has 5 heterocycles. The lowest BCUT2D eigenvalue weighted by Crippen LogP contribution is -2.59. The van der Waals surface area contributed by atoms with Gasteiger partial charge in [-0.05, 0) is 106 Å². The largest absolute Gasteiger partial charge is 0.378 e. The van der Waals surface area contributed by atoms with Crippen LogP contribution in [0.3, 0.4) is 0 Å². The van der Waals surface area contributed by atoms with Crippen LogP contribution in [0.5, 0.6) is 0 Å². The van der Waals surface area contributed by atoms with E-state index >= 15 is 0 Å². The Kier molecular flexibility index (Phi) is 6.38. The molecule has 8 heteroatoms. The van der Waals surface area contributed by atoms with Gasteiger partial charge in [-0.2, -0.15) is 0 Å². The minimum atomic E-state index is -3.22. The maximum Gasteiger partial charge on any atom is 0.175 e. The van der Waals surface area contributed by atoms with Crippen LogP contribution in [-0.4, -0.2) is 84.5 Å². The average molecular weight is 549 g/mol. The van der Waals surface area contributed by atoms with Crippen LogP contribution < -0.4 is 0 Å². The fourth-order valence-electron chi connectivity index (χ4n) is 7.90. The first kappa shape index (κ1) is 25.7. The SMILES string of the molecule is Cc1cc(C2CCN(C3CC4CCC(C3)N4C3COC3)CC2)cc2c1nc(-c1ccc(S(C)(=O)=O)cc1)n2C. The first-order valence-electron chi connectivity index (χ1n) is 14.6. The molecule has 0 spiro atoms. The first-order valence-corrected chi connectivity index (χ1v) is 16.5. The zero-order valence-electron chi connectivity index (χ0n) is 23.3. The van der Waals surface area contributed by atoms with Gasteiger partial charge in [-0.15, -0.1) is 0 Å². The standard InChI is InChI=1S/C31H40N4O3S/c1-20-14-23(15-29-30(20)32-31(33(29)2)22-4-8-28(9-5-22)39(3,36)37)21-10-12-34(13-11-21)26-16-24-6-7-25(17-26)35(24)27-18-38-19-27/h4-5,8-9,14-15,21,24-27H,6-7,10-13,16-19H2,1-3H3. The number of imidazole rings is 1. The molecule has 2 unspecified atom stereocenters. The zero-order chi connectivity index (χ0) is 26.9. The van der Waals surface area contributed by atoms with Gasteiger partial charge in [-0.25, -0.2) is 13.4 Å². The Hall–Kier alpha value is -2.26. The molecule has 4 aliphatic heterocycles. The zero-order valence-corrected chi connectivity index (χ0v) is 24.2. The van der Waals surface area contributed by atoms with Crippen LogP contribution >= 0.6 is 0 Å². The summed E-state index contributed by atoms with van der Waals surface area (Å²) in [6.45, 7) is 6.45. The molecule has 7 rings (SSSR count). The fourth-order valence-corrected chi connectivity index (χ4v) is 8.53. The van der Waals surface area contributed by atoms with Crippen molar-refractivity contribution in [3.8, 4) is 11.4 Å². The Labute approximate surface area is 232 Å². The number of piperidine rings is 2. The number of hydrogen-bond donors (Lipinski definition) is 0. The number of likely N-dealkylation sites (tertiary alicyclic amines) is 1. The number of nitrogens with zero attached hydrogens (tertiary/aromatic N) is 4. The number of rotatable bonds is 5. The number of ether oxygens (including phenoxy) is 1. The molecule has 2 aromatic carbocycles. The second-order valence-electron chi connectivity index (χ2n) is 12.5. The van der Waals surface area contributed by atoms with Crippen LogP contribution in [0.15, 0.2) is 41.3 Å². The molecule has 4 fully saturated rings. The molecule has 0 amide bonds. The van der Waals surface area contributed by atoms with Gasteiger partial charge in [0, 0.05) is 37.0 Å². The van der Waals surface area contributed by atoms with Crippen molar-refractivity contribution in [2.45, 2.75) is 80.4 Å². The van der Waals surface area contributed by atoms with E-state index in [9.17, 15) is 8.42 Å². The smallest absolute Gasteiger partial charge is 0.175 e. The number of fused-ring (bicyclic) bond motifs is 3. The highest BCUT2D eigenvalue weighted by Gasteiger charge is 2.47. The summed E-state index contributed by atoms with van der Waals surface area (Å²) >= 11 is 0. The van der Waals surface area contributed by atoms with Crippen molar-refractivity contribution in [3.05, 3.63) is 47.5 Å². The Balaban J connectivity index is 1.06. The third-order valence-electron chi connectivity index (χ3n) is 10.1. The van der Waals surface area contributed by atoms with Gasteiger partial charge in [0.05, 0.1) is 35.2 Å². The Bertz CT molecular complexity index is 1470. The Morgan fingerprint density at radius 2 is 1.56 bits per heavy atom. The minimum Gasteiger partial charge on any atom is -0.378 e. The van der Waals surface area contributed by atoms with Gasteiger partial charge in [-0.1, -0.05) is 6.07 Å². The van der Waals surface area contributed by atoms with Crippen molar-refractivity contribution in [1.82, 2.24) is 19.4 Å². The summed E-state index contributed by atoms with van der Waals surface area (Å²) in [6.07, 6.45) is 9.11. The van der Waals surface area contributed by atoms with Crippen LogP contribution in [0.4, 0.5) is 0 Å². The van der Waals surface area contributed by atoms with Crippen molar-refractivity contribution in [3.63, 3.8) is 0 Å². The van der Waals surface area contributed by atoms with E-state index in [1.165, 1.54) is 69.0 Å². The fraction of sp³-hybridized carbons (Fsp3) is 0.581. The van der Waals surface area contributed by atoms with E-state index in [4.69, 9.17) is 9.72 Å². The Morgan fingerprint density at radius 1 is 0.897 bits per heavy atom. The quantitative estimate of drug-likeness (QED) is 0.467. The molecule has 2 atom stereocenters. The lowest BCUT2D eigenvalue weighted by atomic mass is 9.86. The molecule has 0 N–H and O–H groups in total. The van der Waals surface area contributed by atoms with Crippen molar-refractivity contribution in [2.24, 2.45) is 7.05 Å². The second-order valence-corrected chi connectivity index (χ2v) is 14.5. The van der Waals surface area contributed by atoms with E-state index in [1.54, 1.807) is 12.1 Å². The predicted octanol–water partition coefficient (Wildman–Crippen LogP) is 4.53. The molecule has 0 radical (unpaired) electrons. The monoisotopic (exact) mass is 548 g/mol. The number of benzene rings is 2. The summed E-state index contributed by atoms with van der Waals surface area (Å²) in [6, 6.07) is 14.7. The second kappa shape index (κ2) is 9.68. The normalized spacial score (nSPS) is 27.3. The molecule has 39 heavy (non-hydrogen) atoms. The molecule has 3 aromatic rings. The van der Waals surface area contributed by atoms with E-state index in [0.29, 0.717) is 16.9 Å². The summed E-state index contributed by atoms with van der Waals surface area (Å²) < 4.78 is 31.4. The molecule has 2 bridgehead atoms. The van der Waals surface area contributed by atoms with E-state index in [-0.39, 0.29) is 0 Å².